The van der Waals surface area contributed by atoms with Crippen LogP contribution in [0.4, 0.5) is 5.69 Å². The standard InChI is InChI=1S/C10H12ClN3O3/c1-14(5-6-15)10(17)9(16)13-7-3-2-4-12-8(7)11/h2-4,15H,5-6H2,1H3,(H,13,16). The highest BCUT2D eigenvalue weighted by atomic mass is 35.5. The number of anilines is 1. The summed E-state index contributed by atoms with van der Waals surface area (Å²) in [6, 6.07) is 3.12. The number of nitrogens with zero attached hydrogens (tertiary/aromatic N) is 2. The number of rotatable bonds is 3. The molecule has 0 saturated carbocycles. The molecule has 92 valence electrons. The van der Waals surface area contributed by atoms with E-state index in [0.717, 1.165) is 4.90 Å². The number of nitrogens with one attached hydrogen (secondary N) is 1. The van der Waals surface area contributed by atoms with Crippen LogP contribution in [0.25, 0.3) is 0 Å². The average molecular weight is 258 g/mol. The maximum Gasteiger partial charge on any atom is 0.313 e. The SMILES string of the molecule is CN(CCO)C(=O)C(=O)Nc1cccnc1Cl. The van der Waals surface area contributed by atoms with Gasteiger partial charge < -0.3 is 15.3 Å². The lowest BCUT2D eigenvalue weighted by molar-refractivity contribution is -0.142. The van der Waals surface area contributed by atoms with Gasteiger partial charge in [-0.3, -0.25) is 9.59 Å². The summed E-state index contributed by atoms with van der Waals surface area (Å²) < 4.78 is 0. The Balaban J connectivity index is 2.67. The number of likely N-dealkylation sites (N-methyl/N-ethyl adjacent to an activating group) is 1. The van der Waals surface area contributed by atoms with Crippen LogP contribution in [0.1, 0.15) is 0 Å². The first-order chi connectivity index (χ1) is 8.06. The molecule has 0 radical (unpaired) electrons. The van der Waals surface area contributed by atoms with Crippen molar-refractivity contribution in [2.24, 2.45) is 0 Å². The van der Waals surface area contributed by atoms with Crippen LogP contribution in [0, 0.1) is 0 Å². The minimum atomic E-state index is -0.823. The van der Waals surface area contributed by atoms with Gasteiger partial charge in [0.05, 0.1) is 12.3 Å². The van der Waals surface area contributed by atoms with Crippen LogP contribution >= 0.6 is 11.6 Å². The van der Waals surface area contributed by atoms with E-state index in [0.29, 0.717) is 0 Å². The third-order valence-electron chi connectivity index (χ3n) is 1.98. The third-order valence-corrected chi connectivity index (χ3v) is 2.28. The molecular formula is C10H12ClN3O3. The minimum Gasteiger partial charge on any atom is -0.395 e. The number of halogens is 1. The van der Waals surface area contributed by atoms with Gasteiger partial charge in [-0.2, -0.15) is 0 Å². The molecule has 0 bridgehead atoms. The smallest absolute Gasteiger partial charge is 0.313 e. The van der Waals surface area contributed by atoms with Crippen molar-refractivity contribution in [3.63, 3.8) is 0 Å². The van der Waals surface area contributed by atoms with Crippen molar-refractivity contribution in [2.45, 2.75) is 0 Å². The predicted molar refractivity (Wildman–Crippen MR) is 62.6 cm³/mol. The zero-order chi connectivity index (χ0) is 12.8. The topological polar surface area (TPSA) is 82.5 Å². The average Bonchev–Trinajstić information content (AvgIpc) is 2.31. The van der Waals surface area contributed by atoms with Crippen LogP contribution in [0.3, 0.4) is 0 Å². The van der Waals surface area contributed by atoms with Crippen molar-refractivity contribution in [2.75, 3.05) is 25.5 Å². The van der Waals surface area contributed by atoms with Crippen LogP contribution in [-0.4, -0.2) is 47.0 Å². The Morgan fingerprint density at radius 2 is 2.29 bits per heavy atom. The molecule has 1 rings (SSSR count). The second-order valence-corrected chi connectivity index (χ2v) is 3.60. The molecule has 0 aromatic carbocycles. The van der Waals surface area contributed by atoms with E-state index < -0.39 is 11.8 Å². The summed E-state index contributed by atoms with van der Waals surface area (Å²) in [6.45, 7) is -0.115. The van der Waals surface area contributed by atoms with E-state index in [2.05, 4.69) is 10.3 Å². The van der Waals surface area contributed by atoms with Gasteiger partial charge in [0.1, 0.15) is 0 Å². The van der Waals surface area contributed by atoms with E-state index in [4.69, 9.17) is 16.7 Å². The fourth-order valence-corrected chi connectivity index (χ4v) is 1.25. The summed E-state index contributed by atoms with van der Waals surface area (Å²) in [4.78, 5) is 27.9. The van der Waals surface area contributed by atoms with Crippen LogP contribution in [0.15, 0.2) is 18.3 Å². The summed E-state index contributed by atoms with van der Waals surface area (Å²) in [6.07, 6.45) is 1.47. The van der Waals surface area contributed by atoms with Crippen LogP contribution in [-0.2, 0) is 9.59 Å². The predicted octanol–water partition coefficient (Wildman–Crippen LogP) is 0.124. The minimum absolute atomic E-state index is 0.0903. The van der Waals surface area contributed by atoms with Crippen LogP contribution in [0.2, 0.25) is 5.15 Å². The maximum absolute atomic E-state index is 11.5. The first kappa shape index (κ1) is 13.4. The molecule has 0 aliphatic carbocycles. The number of hydrogen-bond donors (Lipinski definition) is 2. The van der Waals surface area contributed by atoms with Crippen molar-refractivity contribution in [3.05, 3.63) is 23.5 Å². The summed E-state index contributed by atoms with van der Waals surface area (Å²) in [5.41, 5.74) is 0.268. The van der Waals surface area contributed by atoms with Gasteiger partial charge in [0, 0.05) is 19.8 Å². The lowest BCUT2D eigenvalue weighted by atomic mass is 10.4. The molecule has 0 saturated heterocycles. The molecule has 7 heteroatoms. The molecule has 0 fully saturated rings. The van der Waals surface area contributed by atoms with E-state index >= 15 is 0 Å². The van der Waals surface area contributed by atoms with Crippen molar-refractivity contribution in [1.82, 2.24) is 9.88 Å². The number of amides is 2. The molecule has 2 N–H and O–H groups in total. The molecule has 0 unspecified atom stereocenters. The van der Waals surface area contributed by atoms with E-state index in [-0.39, 0.29) is 24.0 Å². The number of pyridine rings is 1. The number of aromatic nitrogens is 1. The van der Waals surface area contributed by atoms with E-state index in [1.54, 1.807) is 6.07 Å². The summed E-state index contributed by atoms with van der Waals surface area (Å²) in [5.74, 6) is -1.57. The van der Waals surface area contributed by atoms with Gasteiger partial charge >= 0.3 is 11.8 Å². The Hall–Kier alpha value is -1.66. The Morgan fingerprint density at radius 3 is 2.88 bits per heavy atom. The number of aliphatic hydroxyl groups excluding tert-OH is 1. The van der Waals surface area contributed by atoms with Crippen LogP contribution in [0.5, 0.6) is 0 Å². The van der Waals surface area contributed by atoms with Gasteiger partial charge in [-0.25, -0.2) is 4.98 Å². The number of hydrogen-bond acceptors (Lipinski definition) is 4. The fraction of sp³-hybridized carbons (Fsp3) is 0.300. The highest BCUT2D eigenvalue weighted by molar-refractivity contribution is 6.41. The monoisotopic (exact) mass is 257 g/mol. The highest BCUT2D eigenvalue weighted by Crippen LogP contribution is 2.17. The van der Waals surface area contributed by atoms with Gasteiger partial charge in [-0.05, 0) is 12.1 Å². The summed E-state index contributed by atoms with van der Waals surface area (Å²) in [7, 11) is 1.42. The van der Waals surface area contributed by atoms with Crippen molar-refractivity contribution >= 4 is 29.1 Å². The molecule has 1 heterocycles. The highest BCUT2D eigenvalue weighted by Gasteiger charge is 2.19. The molecule has 0 aliphatic heterocycles. The largest absolute Gasteiger partial charge is 0.395 e. The molecular weight excluding hydrogens is 246 g/mol. The summed E-state index contributed by atoms with van der Waals surface area (Å²) >= 11 is 5.72. The van der Waals surface area contributed by atoms with Gasteiger partial charge in [0.25, 0.3) is 0 Å². The van der Waals surface area contributed by atoms with E-state index in [1.165, 1.54) is 19.3 Å². The zero-order valence-corrected chi connectivity index (χ0v) is 9.94. The van der Waals surface area contributed by atoms with Crippen LogP contribution < -0.4 is 5.32 Å². The molecule has 1 aromatic rings. The fourth-order valence-electron chi connectivity index (χ4n) is 1.08. The second-order valence-electron chi connectivity index (χ2n) is 3.25. The molecule has 0 spiro atoms. The third kappa shape index (κ3) is 3.69. The van der Waals surface area contributed by atoms with Gasteiger partial charge in [0.15, 0.2) is 5.15 Å². The normalized spacial score (nSPS) is 9.82. The van der Waals surface area contributed by atoms with Gasteiger partial charge in [-0.1, -0.05) is 11.6 Å². The number of aliphatic hydroxyl groups is 1. The molecule has 2 amide bonds. The molecule has 1 aromatic heterocycles. The molecule has 0 aliphatic rings. The van der Waals surface area contributed by atoms with Gasteiger partial charge in [-0.15, -0.1) is 0 Å². The Labute approximate surface area is 103 Å². The lowest BCUT2D eigenvalue weighted by Gasteiger charge is -2.15. The Morgan fingerprint density at radius 1 is 1.59 bits per heavy atom. The Kier molecular flexibility index (Phi) is 4.86. The van der Waals surface area contributed by atoms with Crippen molar-refractivity contribution in [1.29, 1.82) is 0 Å². The van der Waals surface area contributed by atoms with Gasteiger partial charge in [0.2, 0.25) is 0 Å². The first-order valence-corrected chi connectivity index (χ1v) is 5.22. The Bertz CT molecular complexity index is 425. The first-order valence-electron chi connectivity index (χ1n) is 4.84. The number of carbonyl (C=O) groups excluding carboxylic acids is 2. The van der Waals surface area contributed by atoms with E-state index in [1.807, 2.05) is 0 Å². The van der Waals surface area contributed by atoms with E-state index in [9.17, 15) is 9.59 Å². The maximum atomic E-state index is 11.5. The second kappa shape index (κ2) is 6.17. The van der Waals surface area contributed by atoms with Crippen molar-refractivity contribution < 1.29 is 14.7 Å². The van der Waals surface area contributed by atoms with Crippen molar-refractivity contribution in [3.8, 4) is 0 Å². The number of carbonyl (C=O) groups is 2. The quantitative estimate of drug-likeness (QED) is 0.595. The molecule has 6 nitrogen and oxygen atoms in total. The molecule has 0 atom stereocenters. The zero-order valence-electron chi connectivity index (χ0n) is 9.18. The lowest BCUT2D eigenvalue weighted by Crippen LogP contribution is -2.38. The summed E-state index contributed by atoms with van der Waals surface area (Å²) in [5, 5.41) is 11.1. The molecule has 17 heavy (non-hydrogen) atoms.